The Labute approximate surface area is 71.5 Å². The molecule has 3 fully saturated rings. The van der Waals surface area contributed by atoms with Gasteiger partial charge in [-0.05, 0) is 0 Å². The van der Waals surface area contributed by atoms with Gasteiger partial charge in [0.1, 0.15) is 0 Å². The average molecular weight is 219 g/mol. The topological polar surface area (TPSA) is 30.9 Å². The van der Waals surface area contributed by atoms with Gasteiger partial charge in [-0.3, -0.25) is 0 Å². The first-order valence-corrected chi connectivity index (χ1v) is 6.50. The zero-order valence-corrected chi connectivity index (χ0v) is 8.51. The van der Waals surface area contributed by atoms with Gasteiger partial charge in [-0.15, -0.1) is 0 Å². The molecule has 0 N–H and O–H groups in total. The van der Waals surface area contributed by atoms with Gasteiger partial charge in [0.05, 0.1) is 0 Å². The van der Waals surface area contributed by atoms with E-state index in [-0.39, 0.29) is 0 Å². The molecule has 0 amide bonds. The third-order valence-electron chi connectivity index (χ3n) is 1.88. The monoisotopic (exact) mass is 220 g/mol. The van der Waals surface area contributed by atoms with Gasteiger partial charge in [-0.25, -0.2) is 0 Å². The maximum absolute atomic E-state index is 5.43. The van der Waals surface area contributed by atoms with Gasteiger partial charge < -0.3 is 0 Å². The van der Waals surface area contributed by atoms with E-state index >= 15 is 0 Å². The van der Waals surface area contributed by atoms with E-state index in [1.165, 1.54) is 0 Å². The van der Waals surface area contributed by atoms with Crippen LogP contribution in [0.15, 0.2) is 0 Å². The molecular formula is C6H12GeNO3. The minimum atomic E-state index is -1.95. The van der Waals surface area contributed by atoms with Crippen molar-refractivity contribution in [1.82, 2.24) is 4.90 Å². The Morgan fingerprint density at radius 1 is 0.818 bits per heavy atom. The second-order valence-corrected chi connectivity index (χ2v) is 5.50. The Bertz CT molecular complexity index is 99.2. The molecule has 0 atom stereocenters. The van der Waals surface area contributed by atoms with Gasteiger partial charge in [-0.1, -0.05) is 0 Å². The van der Waals surface area contributed by atoms with Crippen molar-refractivity contribution in [3.63, 3.8) is 0 Å². The van der Waals surface area contributed by atoms with E-state index in [0.29, 0.717) is 0 Å². The molecule has 0 aromatic carbocycles. The summed E-state index contributed by atoms with van der Waals surface area (Å²) in [6, 6.07) is 0. The molecular weight excluding hydrogens is 207 g/mol. The van der Waals surface area contributed by atoms with Crippen molar-refractivity contribution in [2.24, 2.45) is 0 Å². The van der Waals surface area contributed by atoms with Gasteiger partial charge in [0.15, 0.2) is 0 Å². The third kappa shape index (κ3) is 2.16. The third-order valence-corrected chi connectivity index (χ3v) is 4.65. The van der Waals surface area contributed by atoms with Crippen LogP contribution in [0.1, 0.15) is 0 Å². The van der Waals surface area contributed by atoms with Crippen molar-refractivity contribution in [3.05, 3.63) is 0 Å². The predicted octanol–water partition coefficient (Wildman–Crippen LogP) is -0.650. The van der Waals surface area contributed by atoms with E-state index in [1.54, 1.807) is 0 Å². The van der Waals surface area contributed by atoms with Crippen molar-refractivity contribution >= 4 is 15.4 Å². The molecule has 0 spiro atoms. The van der Waals surface area contributed by atoms with E-state index in [1.807, 2.05) is 0 Å². The standard InChI is InChI=1S/C6H12GeNO3/c1-4-9-7-10-5-2-8(1)3-6-11-7/h1-6H2. The van der Waals surface area contributed by atoms with E-state index in [9.17, 15) is 0 Å². The molecule has 0 saturated carbocycles. The zero-order chi connectivity index (χ0) is 7.52. The van der Waals surface area contributed by atoms with Crippen molar-refractivity contribution in [2.45, 2.75) is 0 Å². The van der Waals surface area contributed by atoms with Gasteiger partial charge in [0.2, 0.25) is 0 Å². The fraction of sp³-hybridized carbons (Fsp3) is 1.00. The predicted molar refractivity (Wildman–Crippen MR) is 40.1 cm³/mol. The van der Waals surface area contributed by atoms with Crippen molar-refractivity contribution in [3.8, 4) is 0 Å². The number of hydrogen-bond donors (Lipinski definition) is 0. The minimum absolute atomic E-state index is 0.787. The summed E-state index contributed by atoms with van der Waals surface area (Å²) in [7, 11) is 0. The first kappa shape index (κ1) is 8.00. The number of hydrogen-bond acceptors (Lipinski definition) is 4. The Balaban J connectivity index is 1.96. The first-order valence-electron chi connectivity index (χ1n) is 3.93. The Hall–Kier alpha value is 0.383. The molecule has 0 aromatic heterocycles. The van der Waals surface area contributed by atoms with Crippen LogP contribution in [0.3, 0.4) is 0 Å². The molecule has 3 saturated heterocycles. The van der Waals surface area contributed by atoms with E-state index in [0.717, 1.165) is 39.5 Å². The normalized spacial score (nSPS) is 29.5. The van der Waals surface area contributed by atoms with E-state index < -0.39 is 15.4 Å². The molecule has 5 heteroatoms. The summed E-state index contributed by atoms with van der Waals surface area (Å²) in [5.41, 5.74) is 0. The summed E-state index contributed by atoms with van der Waals surface area (Å²) in [6.45, 7) is 5.50. The number of rotatable bonds is 0. The molecule has 63 valence electrons. The second kappa shape index (κ2) is 3.86. The van der Waals surface area contributed by atoms with Crippen LogP contribution in [-0.4, -0.2) is 59.7 Å². The fourth-order valence-electron chi connectivity index (χ4n) is 1.23. The molecule has 3 heterocycles. The van der Waals surface area contributed by atoms with Crippen molar-refractivity contribution in [2.75, 3.05) is 39.5 Å². The zero-order valence-electron chi connectivity index (χ0n) is 6.41. The van der Waals surface area contributed by atoms with Crippen LogP contribution in [0.2, 0.25) is 0 Å². The molecule has 4 nitrogen and oxygen atoms in total. The number of fused-ring (bicyclic) bond motifs is 6. The van der Waals surface area contributed by atoms with Crippen LogP contribution >= 0.6 is 0 Å². The SMILES string of the molecule is C1CN2CC[O][Ge]([O]1)[O]CC2. The molecule has 3 aliphatic heterocycles. The Morgan fingerprint density at radius 3 is 1.73 bits per heavy atom. The summed E-state index contributed by atoms with van der Waals surface area (Å²) in [5, 5.41) is 0. The van der Waals surface area contributed by atoms with Crippen LogP contribution in [0.5, 0.6) is 0 Å². The van der Waals surface area contributed by atoms with Crippen LogP contribution in [0.4, 0.5) is 0 Å². The second-order valence-electron chi connectivity index (χ2n) is 2.64. The average Bonchev–Trinajstić information content (AvgIpc) is 1.80. The van der Waals surface area contributed by atoms with Crippen LogP contribution in [0, 0.1) is 0 Å². The molecule has 1 radical (unpaired) electrons. The molecule has 2 bridgehead atoms. The molecule has 3 rings (SSSR count). The van der Waals surface area contributed by atoms with Crippen LogP contribution < -0.4 is 0 Å². The van der Waals surface area contributed by atoms with Crippen molar-refractivity contribution in [1.29, 1.82) is 0 Å². The van der Waals surface area contributed by atoms with Crippen LogP contribution in [-0.2, 0) is 11.3 Å². The summed E-state index contributed by atoms with van der Waals surface area (Å²) in [5.74, 6) is 0. The summed E-state index contributed by atoms with van der Waals surface area (Å²) in [6.07, 6.45) is 0. The maximum atomic E-state index is 5.43. The Kier molecular flexibility index (Phi) is 2.81. The van der Waals surface area contributed by atoms with Gasteiger partial charge >= 0.3 is 71.0 Å². The molecule has 0 aromatic rings. The summed E-state index contributed by atoms with van der Waals surface area (Å²) in [4.78, 5) is 2.31. The fourth-order valence-corrected chi connectivity index (χ4v) is 3.38. The molecule has 0 unspecified atom stereocenters. The van der Waals surface area contributed by atoms with Gasteiger partial charge in [0, 0.05) is 0 Å². The van der Waals surface area contributed by atoms with Crippen molar-refractivity contribution < 1.29 is 11.3 Å². The molecule has 11 heavy (non-hydrogen) atoms. The van der Waals surface area contributed by atoms with Crippen LogP contribution in [0.25, 0.3) is 0 Å². The van der Waals surface area contributed by atoms with Gasteiger partial charge in [0.25, 0.3) is 0 Å². The van der Waals surface area contributed by atoms with E-state index in [4.69, 9.17) is 11.3 Å². The number of nitrogens with zero attached hydrogens (tertiary/aromatic N) is 1. The van der Waals surface area contributed by atoms with Gasteiger partial charge in [-0.2, -0.15) is 0 Å². The quantitative estimate of drug-likeness (QED) is 0.506. The summed E-state index contributed by atoms with van der Waals surface area (Å²) >= 11 is -1.95. The Morgan fingerprint density at radius 2 is 1.27 bits per heavy atom. The first-order chi connectivity index (χ1) is 5.45. The summed E-state index contributed by atoms with van der Waals surface area (Å²) < 4.78 is 16.3. The van der Waals surface area contributed by atoms with E-state index in [2.05, 4.69) is 4.90 Å². The molecule has 3 aliphatic rings. The molecule has 0 aliphatic carbocycles.